The van der Waals surface area contributed by atoms with E-state index in [2.05, 4.69) is 27.8 Å². The van der Waals surface area contributed by atoms with Crippen molar-refractivity contribution in [2.24, 2.45) is 5.92 Å². The second-order valence-electron chi connectivity index (χ2n) is 5.45. The molecule has 0 saturated heterocycles. The zero-order chi connectivity index (χ0) is 13.9. The number of nitrogens with zero attached hydrogens (tertiary/aromatic N) is 1. The first kappa shape index (κ1) is 14.1. The molecule has 20 heavy (non-hydrogen) atoms. The average molecular weight is 307 g/mol. The number of hydrogen-bond donors (Lipinski definition) is 1. The van der Waals surface area contributed by atoms with Crippen LogP contribution in [0.3, 0.4) is 0 Å². The second kappa shape index (κ2) is 6.25. The van der Waals surface area contributed by atoms with Crippen LogP contribution in [0.25, 0.3) is 0 Å². The smallest absolute Gasteiger partial charge is 0.0940 e. The molecular formula is C16H19ClN2S. The van der Waals surface area contributed by atoms with Gasteiger partial charge in [0.05, 0.1) is 5.01 Å². The molecule has 0 radical (unpaired) electrons. The Morgan fingerprint density at radius 2 is 2.10 bits per heavy atom. The van der Waals surface area contributed by atoms with Crippen LogP contribution in [0.1, 0.15) is 35.1 Å². The predicted molar refractivity (Wildman–Crippen MR) is 85.5 cm³/mol. The van der Waals surface area contributed by atoms with Crippen LogP contribution in [0, 0.1) is 12.8 Å². The molecule has 2 aromatic rings. The number of rotatable bonds is 6. The van der Waals surface area contributed by atoms with E-state index in [0.717, 1.165) is 29.6 Å². The van der Waals surface area contributed by atoms with Crippen molar-refractivity contribution in [3.63, 3.8) is 0 Å². The van der Waals surface area contributed by atoms with Crippen LogP contribution in [-0.2, 0) is 6.42 Å². The van der Waals surface area contributed by atoms with E-state index in [-0.39, 0.29) is 0 Å². The Kier molecular flexibility index (Phi) is 4.39. The van der Waals surface area contributed by atoms with Crippen LogP contribution in [-0.4, -0.2) is 11.5 Å². The van der Waals surface area contributed by atoms with Gasteiger partial charge in [-0.3, -0.25) is 0 Å². The van der Waals surface area contributed by atoms with Gasteiger partial charge in [0, 0.05) is 35.1 Å². The molecule has 1 heterocycles. The largest absolute Gasteiger partial charge is 0.309 e. The summed E-state index contributed by atoms with van der Waals surface area (Å²) < 4.78 is 0. The van der Waals surface area contributed by atoms with Crippen LogP contribution in [0.15, 0.2) is 29.6 Å². The maximum atomic E-state index is 5.97. The van der Waals surface area contributed by atoms with E-state index >= 15 is 0 Å². The van der Waals surface area contributed by atoms with Gasteiger partial charge in [-0.25, -0.2) is 4.98 Å². The maximum absolute atomic E-state index is 5.97. The third kappa shape index (κ3) is 3.60. The highest BCUT2D eigenvalue weighted by Gasteiger charge is 2.31. The van der Waals surface area contributed by atoms with E-state index in [1.165, 1.54) is 23.4 Å². The second-order valence-corrected chi connectivity index (χ2v) is 6.83. The molecule has 0 bridgehead atoms. The minimum Gasteiger partial charge on any atom is -0.309 e. The summed E-state index contributed by atoms with van der Waals surface area (Å²) in [5, 5.41) is 7.85. The molecule has 1 fully saturated rings. The maximum Gasteiger partial charge on any atom is 0.0940 e. The molecule has 0 aliphatic heterocycles. The average Bonchev–Trinajstić information content (AvgIpc) is 3.19. The first-order valence-electron chi connectivity index (χ1n) is 7.12. The van der Waals surface area contributed by atoms with Crippen molar-refractivity contribution < 1.29 is 0 Å². The highest BCUT2D eigenvalue weighted by Crippen LogP contribution is 2.41. The Morgan fingerprint density at radius 1 is 1.35 bits per heavy atom. The third-order valence-corrected chi connectivity index (χ3v) is 4.97. The monoisotopic (exact) mass is 306 g/mol. The fourth-order valence-corrected chi connectivity index (χ4v) is 3.41. The lowest BCUT2D eigenvalue weighted by Gasteiger charge is -2.18. The summed E-state index contributed by atoms with van der Waals surface area (Å²) in [5.74, 6) is 0.786. The molecule has 1 atom stereocenters. The number of thiazole rings is 1. The molecule has 2 nitrogen and oxygen atoms in total. The highest BCUT2D eigenvalue weighted by atomic mass is 35.5. The number of aryl methyl sites for hydroxylation is 1. The Morgan fingerprint density at radius 3 is 2.70 bits per heavy atom. The van der Waals surface area contributed by atoms with Crippen LogP contribution in [0.2, 0.25) is 5.02 Å². The quantitative estimate of drug-likeness (QED) is 0.856. The normalized spacial score (nSPS) is 16.3. The number of halogens is 1. The van der Waals surface area contributed by atoms with Crippen molar-refractivity contribution in [3.8, 4) is 0 Å². The number of benzene rings is 1. The Balaban J connectivity index is 1.59. The molecule has 1 N–H and O–H groups in total. The lowest BCUT2D eigenvalue weighted by Crippen LogP contribution is -2.25. The summed E-state index contributed by atoms with van der Waals surface area (Å²) in [6.07, 6.45) is 3.67. The Labute approximate surface area is 129 Å². The summed E-state index contributed by atoms with van der Waals surface area (Å²) >= 11 is 7.73. The van der Waals surface area contributed by atoms with Gasteiger partial charge in [-0.15, -0.1) is 11.3 Å². The molecule has 0 amide bonds. The van der Waals surface area contributed by atoms with Crippen molar-refractivity contribution in [2.45, 2.75) is 32.2 Å². The lowest BCUT2D eigenvalue weighted by atomic mass is 10.0. The summed E-state index contributed by atoms with van der Waals surface area (Å²) in [4.78, 5) is 4.51. The molecule has 1 aromatic heterocycles. The van der Waals surface area contributed by atoms with Crippen molar-refractivity contribution >= 4 is 22.9 Å². The van der Waals surface area contributed by atoms with E-state index in [1.807, 2.05) is 19.1 Å². The van der Waals surface area contributed by atoms with Crippen molar-refractivity contribution in [3.05, 3.63) is 50.9 Å². The standard InChI is InChI=1S/C16H19ClN2S/c1-11-10-20-15(19-11)8-9-18-16(12-2-3-12)13-4-6-14(17)7-5-13/h4-7,10,12,16,18H,2-3,8-9H2,1H3. The van der Waals surface area contributed by atoms with Crippen LogP contribution in [0.4, 0.5) is 0 Å². The molecule has 1 aliphatic rings. The molecule has 1 unspecified atom stereocenters. The van der Waals surface area contributed by atoms with Gasteiger partial charge in [-0.2, -0.15) is 0 Å². The van der Waals surface area contributed by atoms with Crippen LogP contribution >= 0.6 is 22.9 Å². The first-order chi connectivity index (χ1) is 9.72. The molecule has 3 rings (SSSR count). The fourth-order valence-electron chi connectivity index (χ4n) is 2.51. The Hall–Kier alpha value is -0.900. The van der Waals surface area contributed by atoms with Gasteiger partial charge in [-0.05, 0) is 43.4 Å². The minimum atomic E-state index is 0.466. The zero-order valence-electron chi connectivity index (χ0n) is 11.6. The van der Waals surface area contributed by atoms with Gasteiger partial charge < -0.3 is 5.32 Å². The topological polar surface area (TPSA) is 24.9 Å². The van der Waals surface area contributed by atoms with Gasteiger partial charge in [0.2, 0.25) is 0 Å². The van der Waals surface area contributed by atoms with E-state index < -0.39 is 0 Å². The Bertz CT molecular complexity index is 560. The molecular weight excluding hydrogens is 288 g/mol. The van der Waals surface area contributed by atoms with Gasteiger partial charge in [0.15, 0.2) is 0 Å². The van der Waals surface area contributed by atoms with Crippen molar-refractivity contribution in [1.82, 2.24) is 10.3 Å². The third-order valence-electron chi connectivity index (χ3n) is 3.69. The highest BCUT2D eigenvalue weighted by molar-refractivity contribution is 7.09. The predicted octanol–water partition coefficient (Wildman–Crippen LogP) is 4.39. The lowest BCUT2D eigenvalue weighted by molar-refractivity contribution is 0.484. The van der Waals surface area contributed by atoms with Gasteiger partial charge in [-0.1, -0.05) is 23.7 Å². The molecule has 1 aromatic carbocycles. The van der Waals surface area contributed by atoms with E-state index in [1.54, 1.807) is 11.3 Å². The van der Waals surface area contributed by atoms with Crippen molar-refractivity contribution in [2.75, 3.05) is 6.54 Å². The molecule has 1 aliphatic carbocycles. The number of hydrogen-bond acceptors (Lipinski definition) is 3. The van der Waals surface area contributed by atoms with E-state index in [9.17, 15) is 0 Å². The van der Waals surface area contributed by atoms with Crippen molar-refractivity contribution in [1.29, 1.82) is 0 Å². The summed E-state index contributed by atoms with van der Waals surface area (Å²) in [6, 6.07) is 8.72. The minimum absolute atomic E-state index is 0.466. The molecule has 1 saturated carbocycles. The van der Waals surface area contributed by atoms with E-state index in [4.69, 9.17) is 11.6 Å². The van der Waals surface area contributed by atoms with Crippen LogP contribution < -0.4 is 5.32 Å². The summed E-state index contributed by atoms with van der Waals surface area (Å²) in [7, 11) is 0. The summed E-state index contributed by atoms with van der Waals surface area (Å²) in [6.45, 7) is 3.03. The first-order valence-corrected chi connectivity index (χ1v) is 8.38. The van der Waals surface area contributed by atoms with Gasteiger partial charge in [0.25, 0.3) is 0 Å². The molecule has 4 heteroatoms. The number of nitrogens with one attached hydrogen (secondary N) is 1. The van der Waals surface area contributed by atoms with Gasteiger partial charge >= 0.3 is 0 Å². The molecule has 106 valence electrons. The van der Waals surface area contributed by atoms with E-state index in [0.29, 0.717) is 6.04 Å². The molecule has 0 spiro atoms. The zero-order valence-corrected chi connectivity index (χ0v) is 13.2. The SMILES string of the molecule is Cc1csc(CCNC(c2ccc(Cl)cc2)C2CC2)n1. The van der Waals surface area contributed by atoms with Crippen LogP contribution in [0.5, 0.6) is 0 Å². The number of aromatic nitrogens is 1. The fraction of sp³-hybridized carbons (Fsp3) is 0.438. The summed E-state index contributed by atoms with van der Waals surface area (Å²) in [5.41, 5.74) is 2.48. The van der Waals surface area contributed by atoms with Gasteiger partial charge in [0.1, 0.15) is 0 Å².